The molecule has 2 aromatic carbocycles. The SMILES string of the molecule is CCC(Sc1cc(C)c2cccc(C)c2n1)C(=O)Nc1scc(-c2ccc3c(c2)OCCO3)c1C(=O)OC. The highest BCUT2D eigenvalue weighted by atomic mass is 32.2. The van der Waals surface area contributed by atoms with E-state index in [0.29, 0.717) is 47.3 Å². The summed E-state index contributed by atoms with van der Waals surface area (Å²) in [6.07, 6.45) is 0.594. The summed E-state index contributed by atoms with van der Waals surface area (Å²) in [5.41, 5.74) is 4.92. The number of anilines is 1. The Morgan fingerprint density at radius 2 is 1.89 bits per heavy atom. The van der Waals surface area contributed by atoms with E-state index in [1.807, 2.05) is 55.6 Å². The summed E-state index contributed by atoms with van der Waals surface area (Å²) < 4.78 is 16.4. The summed E-state index contributed by atoms with van der Waals surface area (Å²) >= 11 is 2.72. The first-order chi connectivity index (χ1) is 18.4. The van der Waals surface area contributed by atoms with Crippen LogP contribution < -0.4 is 14.8 Å². The third-order valence-electron chi connectivity index (χ3n) is 6.42. The number of fused-ring (bicyclic) bond motifs is 2. The van der Waals surface area contributed by atoms with Crippen molar-refractivity contribution in [2.45, 2.75) is 37.5 Å². The van der Waals surface area contributed by atoms with Gasteiger partial charge in [-0.05, 0) is 55.2 Å². The Kier molecular flexibility index (Phi) is 7.58. The van der Waals surface area contributed by atoms with E-state index in [9.17, 15) is 9.59 Å². The average Bonchev–Trinajstić information content (AvgIpc) is 3.35. The third-order valence-corrected chi connectivity index (χ3v) is 8.60. The molecule has 1 atom stereocenters. The maximum Gasteiger partial charge on any atom is 0.341 e. The normalized spacial score (nSPS) is 13.3. The van der Waals surface area contributed by atoms with Crippen LogP contribution in [0.5, 0.6) is 11.5 Å². The van der Waals surface area contributed by atoms with Crippen LogP contribution in [0.4, 0.5) is 5.00 Å². The largest absolute Gasteiger partial charge is 0.486 e. The number of thioether (sulfide) groups is 1. The van der Waals surface area contributed by atoms with E-state index in [2.05, 4.69) is 18.3 Å². The van der Waals surface area contributed by atoms with Gasteiger partial charge in [-0.15, -0.1) is 11.3 Å². The molecule has 1 N–H and O–H groups in total. The van der Waals surface area contributed by atoms with E-state index in [-0.39, 0.29) is 5.91 Å². The number of hydrogen-bond acceptors (Lipinski definition) is 8. The van der Waals surface area contributed by atoms with Gasteiger partial charge < -0.3 is 19.5 Å². The number of carbonyl (C=O) groups is 2. The van der Waals surface area contributed by atoms with Crippen molar-refractivity contribution in [3.8, 4) is 22.6 Å². The zero-order valence-corrected chi connectivity index (χ0v) is 23.3. The number of carbonyl (C=O) groups excluding carboxylic acids is 2. The van der Waals surface area contributed by atoms with E-state index in [0.717, 1.165) is 32.6 Å². The van der Waals surface area contributed by atoms with Crippen molar-refractivity contribution < 1.29 is 23.8 Å². The van der Waals surface area contributed by atoms with E-state index < -0.39 is 11.2 Å². The van der Waals surface area contributed by atoms with Crippen molar-refractivity contribution in [1.29, 1.82) is 0 Å². The first kappa shape index (κ1) is 26.1. The van der Waals surface area contributed by atoms with Gasteiger partial charge in [0.1, 0.15) is 23.8 Å². The van der Waals surface area contributed by atoms with Crippen molar-refractivity contribution in [2.24, 2.45) is 0 Å². The predicted octanol–water partition coefficient (Wildman–Crippen LogP) is 6.65. The number of nitrogens with one attached hydrogen (secondary N) is 1. The fraction of sp³-hybridized carbons (Fsp3) is 0.276. The lowest BCUT2D eigenvalue weighted by Crippen LogP contribution is -2.25. The molecule has 1 unspecified atom stereocenters. The van der Waals surface area contributed by atoms with Gasteiger partial charge in [-0.25, -0.2) is 9.78 Å². The van der Waals surface area contributed by atoms with Gasteiger partial charge in [0, 0.05) is 16.3 Å². The highest BCUT2D eigenvalue weighted by Gasteiger charge is 2.26. The zero-order chi connectivity index (χ0) is 26.8. The van der Waals surface area contributed by atoms with Gasteiger partial charge >= 0.3 is 5.97 Å². The first-order valence-electron chi connectivity index (χ1n) is 12.3. The summed E-state index contributed by atoms with van der Waals surface area (Å²) in [6, 6.07) is 13.7. The van der Waals surface area contributed by atoms with Gasteiger partial charge in [-0.2, -0.15) is 0 Å². The molecule has 4 aromatic rings. The predicted molar refractivity (Wildman–Crippen MR) is 152 cm³/mol. The standard InChI is InChI=1S/C29H28N2O5S2/c1-5-23(38-24-13-17(3)19-8-6-7-16(2)26(19)30-24)27(32)31-28-25(29(33)34-4)20(15-37-28)18-9-10-21-22(14-18)36-12-11-35-21/h6-10,13-15,23H,5,11-12H2,1-4H3,(H,31,32). The molecule has 0 bridgehead atoms. The van der Waals surface area contributed by atoms with Gasteiger partial charge in [0.15, 0.2) is 11.5 Å². The molecule has 9 heteroatoms. The van der Waals surface area contributed by atoms with Gasteiger partial charge in [0.25, 0.3) is 0 Å². The van der Waals surface area contributed by atoms with Crippen LogP contribution in [0.3, 0.4) is 0 Å². The molecule has 1 aliphatic rings. The van der Waals surface area contributed by atoms with Crippen molar-refractivity contribution in [3.63, 3.8) is 0 Å². The van der Waals surface area contributed by atoms with E-state index in [1.54, 1.807) is 0 Å². The van der Waals surface area contributed by atoms with Crippen molar-refractivity contribution in [3.05, 3.63) is 64.5 Å². The van der Waals surface area contributed by atoms with Gasteiger partial charge in [0.2, 0.25) is 5.91 Å². The molecule has 1 amide bonds. The number of aryl methyl sites for hydroxylation is 2. The summed E-state index contributed by atoms with van der Waals surface area (Å²) in [4.78, 5) is 31.1. The Balaban J connectivity index is 1.42. The highest BCUT2D eigenvalue weighted by molar-refractivity contribution is 8.00. The number of ether oxygens (including phenoxy) is 3. The molecular formula is C29H28N2O5S2. The number of benzene rings is 2. The Bertz CT molecular complexity index is 1530. The van der Waals surface area contributed by atoms with Crippen LogP contribution in [0.2, 0.25) is 0 Å². The second-order valence-electron chi connectivity index (χ2n) is 8.96. The van der Waals surface area contributed by atoms with Crippen LogP contribution in [0.25, 0.3) is 22.0 Å². The summed E-state index contributed by atoms with van der Waals surface area (Å²) in [5.74, 6) is 0.577. The van der Waals surface area contributed by atoms with Crippen LogP contribution in [0, 0.1) is 13.8 Å². The second kappa shape index (κ2) is 11.0. The molecule has 2 aromatic heterocycles. The minimum absolute atomic E-state index is 0.192. The smallest absolute Gasteiger partial charge is 0.341 e. The Morgan fingerprint density at radius 1 is 1.11 bits per heavy atom. The number of rotatable bonds is 7. The summed E-state index contributed by atoms with van der Waals surface area (Å²) in [7, 11) is 1.33. The minimum Gasteiger partial charge on any atom is -0.486 e. The monoisotopic (exact) mass is 548 g/mol. The van der Waals surface area contributed by atoms with Crippen LogP contribution in [-0.2, 0) is 9.53 Å². The van der Waals surface area contributed by atoms with Gasteiger partial charge in [-0.1, -0.05) is 43.0 Å². The van der Waals surface area contributed by atoms with E-state index in [4.69, 9.17) is 19.2 Å². The van der Waals surface area contributed by atoms with Crippen molar-refractivity contribution in [2.75, 3.05) is 25.6 Å². The van der Waals surface area contributed by atoms with Crippen LogP contribution in [-0.4, -0.2) is 42.4 Å². The van der Waals surface area contributed by atoms with Gasteiger partial charge in [-0.3, -0.25) is 4.79 Å². The average molecular weight is 549 g/mol. The maximum atomic E-state index is 13.4. The van der Waals surface area contributed by atoms with Crippen LogP contribution in [0.1, 0.15) is 34.8 Å². The maximum absolute atomic E-state index is 13.4. The molecular weight excluding hydrogens is 520 g/mol. The minimum atomic E-state index is -0.519. The van der Waals surface area contributed by atoms with E-state index >= 15 is 0 Å². The quantitative estimate of drug-likeness (QED) is 0.204. The molecule has 3 heterocycles. The molecule has 38 heavy (non-hydrogen) atoms. The van der Waals surface area contributed by atoms with E-state index in [1.165, 1.54) is 30.2 Å². The summed E-state index contributed by atoms with van der Waals surface area (Å²) in [6.45, 7) is 7.03. The lowest BCUT2D eigenvalue weighted by atomic mass is 10.0. The molecule has 0 spiro atoms. The van der Waals surface area contributed by atoms with Crippen LogP contribution in [0.15, 0.2) is 52.9 Å². The Morgan fingerprint density at radius 3 is 2.66 bits per heavy atom. The Hall–Kier alpha value is -3.56. The molecule has 196 valence electrons. The number of nitrogens with zero attached hydrogens (tertiary/aromatic N) is 1. The second-order valence-corrected chi connectivity index (χ2v) is 11.1. The highest BCUT2D eigenvalue weighted by Crippen LogP contribution is 2.41. The number of pyridine rings is 1. The molecule has 0 saturated heterocycles. The molecule has 0 radical (unpaired) electrons. The molecule has 0 saturated carbocycles. The molecule has 0 aliphatic carbocycles. The number of hydrogen-bond donors (Lipinski definition) is 1. The van der Waals surface area contributed by atoms with Crippen molar-refractivity contribution in [1.82, 2.24) is 4.98 Å². The molecule has 1 aliphatic heterocycles. The number of para-hydroxylation sites is 1. The third kappa shape index (κ3) is 5.08. The number of thiophene rings is 1. The molecule has 0 fully saturated rings. The first-order valence-corrected chi connectivity index (χ1v) is 14.1. The Labute approximate surface area is 229 Å². The topological polar surface area (TPSA) is 86.8 Å². The fourth-order valence-electron chi connectivity index (χ4n) is 4.43. The van der Waals surface area contributed by atoms with Crippen molar-refractivity contribution >= 4 is 50.9 Å². The molecule has 7 nitrogen and oxygen atoms in total. The summed E-state index contributed by atoms with van der Waals surface area (Å²) in [5, 5.41) is 6.79. The lowest BCUT2D eigenvalue weighted by molar-refractivity contribution is -0.115. The fourth-order valence-corrected chi connectivity index (χ4v) is 6.40. The zero-order valence-electron chi connectivity index (χ0n) is 21.6. The molecule has 5 rings (SSSR count). The van der Waals surface area contributed by atoms with Crippen LogP contribution >= 0.6 is 23.1 Å². The number of aromatic nitrogens is 1. The number of esters is 1. The number of methoxy groups -OCH3 is 1. The van der Waals surface area contributed by atoms with Gasteiger partial charge in [0.05, 0.1) is 22.9 Å². The lowest BCUT2D eigenvalue weighted by Gasteiger charge is -2.19. The number of amides is 1.